The van der Waals surface area contributed by atoms with E-state index in [-0.39, 0.29) is 24.7 Å². The molecule has 0 saturated carbocycles. The first-order valence-corrected chi connectivity index (χ1v) is 15.9. The maximum absolute atomic E-state index is 12.8. The average Bonchev–Trinajstić information content (AvgIpc) is 3.09. The Bertz CT molecular complexity index is 1800. The molecule has 6 aromatic rings. The molecule has 0 aliphatic rings. The molecular formula is C39H34N2O2OsS. The Morgan fingerprint density at radius 3 is 1.38 bits per heavy atom. The van der Waals surface area contributed by atoms with E-state index < -0.39 is 22.1 Å². The molecule has 2 unspecified atom stereocenters. The summed E-state index contributed by atoms with van der Waals surface area (Å²) in [4.78, 5) is 0.143. The molecule has 1 N–H and O–H groups in total. The van der Waals surface area contributed by atoms with Gasteiger partial charge >= 0.3 is 19.8 Å². The van der Waals surface area contributed by atoms with Crippen LogP contribution in [0, 0.1) is 6.92 Å². The van der Waals surface area contributed by atoms with Crippen molar-refractivity contribution >= 4 is 10.0 Å². The zero-order valence-corrected chi connectivity index (χ0v) is 28.2. The van der Waals surface area contributed by atoms with Gasteiger partial charge in [0.1, 0.15) is 10.0 Å². The third-order valence-corrected chi connectivity index (χ3v) is 8.64. The third-order valence-electron chi connectivity index (χ3n) is 7.26. The van der Waals surface area contributed by atoms with Crippen molar-refractivity contribution in [3.05, 3.63) is 197 Å². The van der Waals surface area contributed by atoms with Crippen molar-refractivity contribution in [2.75, 3.05) is 0 Å². The summed E-state index contributed by atoms with van der Waals surface area (Å²) in [5.41, 5.74) is 16.1. The van der Waals surface area contributed by atoms with Gasteiger partial charge in [0.05, 0.1) is 0 Å². The second kappa shape index (κ2) is 16.2. The summed E-state index contributed by atoms with van der Waals surface area (Å²) in [6, 6.07) is 52.9. The Hall–Kier alpha value is -4.17. The van der Waals surface area contributed by atoms with E-state index in [0.29, 0.717) is 5.56 Å². The summed E-state index contributed by atoms with van der Waals surface area (Å²) in [5, 5.41) is 0. The van der Waals surface area contributed by atoms with Gasteiger partial charge in [-0.3, -0.25) is 0 Å². The largest absolute Gasteiger partial charge is 2.00 e. The van der Waals surface area contributed by atoms with E-state index in [4.69, 9.17) is 5.73 Å². The fraction of sp³-hybridized carbons (Fsp3) is 0.0769. The molecule has 6 rings (SSSR count). The molecule has 0 amide bonds. The van der Waals surface area contributed by atoms with Gasteiger partial charge in [-0.25, -0.2) is 8.42 Å². The summed E-state index contributed by atoms with van der Waals surface area (Å²) in [6.45, 7) is 1.90. The van der Waals surface area contributed by atoms with Gasteiger partial charge in [0.25, 0.3) is 0 Å². The number of nitrogens with one attached hydrogen (secondary N) is 1. The first kappa shape index (κ1) is 33.7. The van der Waals surface area contributed by atoms with Gasteiger partial charge in [-0.2, -0.15) is 0 Å². The van der Waals surface area contributed by atoms with Crippen LogP contribution in [0.1, 0.15) is 28.8 Å². The predicted molar refractivity (Wildman–Crippen MR) is 182 cm³/mol. The van der Waals surface area contributed by atoms with E-state index in [2.05, 4.69) is 77.5 Å². The molecule has 226 valence electrons. The molecule has 0 spiro atoms. The van der Waals surface area contributed by atoms with E-state index >= 15 is 0 Å². The van der Waals surface area contributed by atoms with Gasteiger partial charge in [0.15, 0.2) is 0 Å². The number of hydrogen-bond acceptors (Lipinski definition) is 2. The van der Waals surface area contributed by atoms with Crippen molar-refractivity contribution in [1.29, 1.82) is 0 Å². The van der Waals surface area contributed by atoms with E-state index in [1.807, 2.05) is 79.7 Å². The molecule has 2 atom stereocenters. The molecule has 0 fully saturated rings. The van der Waals surface area contributed by atoms with Gasteiger partial charge in [0, 0.05) is 4.90 Å². The second-order valence-electron chi connectivity index (χ2n) is 10.5. The van der Waals surface area contributed by atoms with Crippen LogP contribution in [0.5, 0.6) is 0 Å². The maximum atomic E-state index is 12.8. The fourth-order valence-corrected chi connectivity index (χ4v) is 6.01. The maximum Gasteiger partial charge on any atom is 2.00 e. The van der Waals surface area contributed by atoms with Crippen LogP contribution in [0.4, 0.5) is 0 Å². The number of nitrogens with zero attached hydrogens (tertiary/aromatic N) is 1. The summed E-state index contributed by atoms with van der Waals surface area (Å²) < 4.78 is 29.8. The molecule has 0 saturated heterocycles. The fourth-order valence-electron chi connectivity index (χ4n) is 4.87. The van der Waals surface area contributed by atoms with Crippen LogP contribution < -0.4 is 0 Å². The minimum Gasteiger partial charge on any atom is -0.672 e. The van der Waals surface area contributed by atoms with Crippen molar-refractivity contribution in [2.45, 2.75) is 23.9 Å². The van der Waals surface area contributed by atoms with Gasteiger partial charge < -0.3 is 10.5 Å². The molecule has 6 aromatic carbocycles. The first-order valence-electron chi connectivity index (χ1n) is 14.5. The van der Waals surface area contributed by atoms with Crippen LogP contribution in [0.2, 0.25) is 0 Å². The Balaban J connectivity index is 0.000000213. The quantitative estimate of drug-likeness (QED) is 0.154. The standard InChI is InChI=1S/C21H20N2O2S.C18H14.Os/c1-16-12-14-19(15-13-16)26(24,25)23-21(18-10-6-3-7-11-18)20(22)17-8-4-2-5-9-17;1-3-8-15(9-4-1)17-12-7-13-18(14-17)16-10-5-2-6-11-16;/h2-15,20-22H,1H3;1-14H;/q-2;;+2. The summed E-state index contributed by atoms with van der Waals surface area (Å²) >= 11 is 0. The Morgan fingerprint density at radius 1 is 0.511 bits per heavy atom. The molecule has 0 aliphatic heterocycles. The van der Waals surface area contributed by atoms with Crippen molar-refractivity contribution in [1.82, 2.24) is 0 Å². The van der Waals surface area contributed by atoms with Gasteiger partial charge in [-0.1, -0.05) is 168 Å². The number of hydrogen-bond donors (Lipinski definition) is 0. The zero-order chi connectivity index (χ0) is 30.8. The van der Waals surface area contributed by atoms with Gasteiger partial charge in [-0.15, -0.1) is 12.1 Å². The molecule has 0 aliphatic carbocycles. The zero-order valence-electron chi connectivity index (χ0n) is 24.8. The first-order chi connectivity index (χ1) is 21.4. The molecule has 0 bridgehead atoms. The molecule has 0 radical (unpaired) electrons. The van der Waals surface area contributed by atoms with Crippen LogP contribution >= 0.6 is 0 Å². The number of aryl methyl sites for hydroxylation is 1. The van der Waals surface area contributed by atoms with Crippen LogP contribution in [0.15, 0.2) is 175 Å². The minimum atomic E-state index is -3.87. The molecular weight excluding hydrogens is 751 g/mol. The van der Waals surface area contributed by atoms with Crippen LogP contribution in [-0.4, -0.2) is 8.42 Å². The van der Waals surface area contributed by atoms with Crippen LogP contribution in [0.25, 0.3) is 32.7 Å². The van der Waals surface area contributed by atoms with Crippen molar-refractivity contribution in [3.8, 4) is 22.3 Å². The monoisotopic (exact) mass is 786 g/mol. The van der Waals surface area contributed by atoms with E-state index in [0.717, 1.165) is 11.1 Å². The van der Waals surface area contributed by atoms with Crippen molar-refractivity contribution < 1.29 is 28.2 Å². The molecule has 0 heterocycles. The van der Waals surface area contributed by atoms with Crippen LogP contribution in [-0.2, 0) is 29.8 Å². The van der Waals surface area contributed by atoms with E-state index in [1.165, 1.54) is 22.3 Å². The topological polar surface area (TPSA) is 72.0 Å². The van der Waals surface area contributed by atoms with E-state index in [1.54, 1.807) is 24.3 Å². The van der Waals surface area contributed by atoms with Gasteiger partial charge in [-0.05, 0) is 47.4 Å². The Morgan fingerprint density at radius 2 is 0.911 bits per heavy atom. The minimum absolute atomic E-state index is 0. The summed E-state index contributed by atoms with van der Waals surface area (Å²) in [5.74, 6) is 0. The number of rotatable bonds is 8. The average molecular weight is 785 g/mol. The summed E-state index contributed by atoms with van der Waals surface area (Å²) in [7, 11) is -3.87. The number of sulfonamides is 1. The third kappa shape index (κ3) is 9.17. The normalized spacial score (nSPS) is 12.1. The van der Waals surface area contributed by atoms with Crippen LogP contribution in [0.3, 0.4) is 0 Å². The van der Waals surface area contributed by atoms with Crippen molar-refractivity contribution in [2.24, 2.45) is 0 Å². The Kier molecular flexibility index (Phi) is 12.2. The van der Waals surface area contributed by atoms with Gasteiger partial charge in [0.2, 0.25) is 0 Å². The Labute approximate surface area is 280 Å². The summed E-state index contributed by atoms with van der Waals surface area (Å²) in [6.07, 6.45) is 0. The molecule has 0 aromatic heterocycles. The smallest absolute Gasteiger partial charge is 0.672 e. The SMILES string of the molecule is Cc1ccc(S(=O)(=O)[N-]C(c2ccccc2)C([NH-])c2ccccc2)cc1.[Os+2].c1ccc(-c2cccc(-c3ccccc3)c2)cc1. The molecule has 45 heavy (non-hydrogen) atoms. The van der Waals surface area contributed by atoms with Crippen molar-refractivity contribution in [3.63, 3.8) is 0 Å². The number of benzene rings is 6. The van der Waals surface area contributed by atoms with E-state index in [9.17, 15) is 8.42 Å². The molecule has 4 nitrogen and oxygen atoms in total. The predicted octanol–water partition coefficient (Wildman–Crippen LogP) is 10.6. The second-order valence-corrected chi connectivity index (χ2v) is 12.1. The molecule has 6 heteroatoms.